The molecule has 5 heteroatoms. The molecule has 1 aliphatic heterocycles. The summed E-state index contributed by atoms with van der Waals surface area (Å²) in [5.74, 6) is -0.190. The van der Waals surface area contributed by atoms with E-state index in [1.807, 2.05) is 30.3 Å². The van der Waals surface area contributed by atoms with Crippen LogP contribution in [0.5, 0.6) is 0 Å². The maximum absolute atomic E-state index is 11.8. The van der Waals surface area contributed by atoms with Gasteiger partial charge in [0.25, 0.3) is 0 Å². The summed E-state index contributed by atoms with van der Waals surface area (Å²) < 4.78 is 0. The van der Waals surface area contributed by atoms with Crippen LogP contribution < -0.4 is 10.6 Å². The van der Waals surface area contributed by atoms with Crippen molar-refractivity contribution in [3.05, 3.63) is 40.9 Å². The standard InChI is InChI=1S/C13H6N4O/c18-11-6-10-8(12-13(11)16-17-15-12)5-7-3-1-2-4-9(7)14-10/h1-6H. The maximum atomic E-state index is 11.8. The lowest BCUT2D eigenvalue weighted by molar-refractivity contribution is -0.107. The molecular formula is C13H6N4O. The van der Waals surface area contributed by atoms with Crippen molar-refractivity contribution in [2.75, 3.05) is 0 Å². The van der Waals surface area contributed by atoms with Crippen LogP contribution in [0.15, 0.2) is 45.8 Å². The van der Waals surface area contributed by atoms with E-state index < -0.39 is 0 Å². The normalized spacial score (nSPS) is 16.3. The average molecular weight is 234 g/mol. The van der Waals surface area contributed by atoms with Crippen molar-refractivity contribution >= 4 is 34.2 Å². The van der Waals surface area contributed by atoms with Crippen LogP contribution in [0.3, 0.4) is 0 Å². The molecule has 0 fully saturated rings. The van der Waals surface area contributed by atoms with E-state index in [-0.39, 0.29) is 5.78 Å². The van der Waals surface area contributed by atoms with Gasteiger partial charge in [-0.25, -0.2) is 4.98 Å². The van der Waals surface area contributed by atoms with Gasteiger partial charge in [-0.15, -0.1) is 10.2 Å². The van der Waals surface area contributed by atoms with Gasteiger partial charge in [0, 0.05) is 16.7 Å². The lowest BCUT2D eigenvalue weighted by atomic mass is 10.0. The summed E-state index contributed by atoms with van der Waals surface area (Å²) in [4.78, 5) is 16.3. The summed E-state index contributed by atoms with van der Waals surface area (Å²) in [6.07, 6.45) is 1.49. The summed E-state index contributed by atoms with van der Waals surface area (Å²) in [7, 11) is 0. The topological polar surface area (TPSA) is 67.0 Å². The van der Waals surface area contributed by atoms with Crippen molar-refractivity contribution in [3.8, 4) is 0 Å². The van der Waals surface area contributed by atoms with E-state index in [4.69, 9.17) is 0 Å². The Morgan fingerprint density at radius 2 is 2.00 bits per heavy atom. The van der Waals surface area contributed by atoms with Crippen LogP contribution in [0.2, 0.25) is 0 Å². The van der Waals surface area contributed by atoms with Crippen molar-refractivity contribution in [3.63, 3.8) is 0 Å². The number of Topliss-reactive ketones (excluding diaryl/α,β-unsaturated/α-hetero) is 1. The monoisotopic (exact) mass is 234 g/mol. The summed E-state index contributed by atoms with van der Waals surface area (Å²) in [6, 6.07) is 9.72. The number of rotatable bonds is 0. The fourth-order valence-electron chi connectivity index (χ4n) is 2.18. The average Bonchev–Trinajstić information content (AvgIpc) is 2.87. The van der Waals surface area contributed by atoms with Gasteiger partial charge in [-0.3, -0.25) is 4.79 Å². The number of ketones is 1. The molecule has 4 rings (SSSR count). The Bertz CT molecular complexity index is 893. The Balaban J connectivity index is 2.27. The van der Waals surface area contributed by atoms with Crippen molar-refractivity contribution < 1.29 is 4.79 Å². The van der Waals surface area contributed by atoms with Crippen molar-refractivity contribution in [1.82, 2.24) is 4.98 Å². The number of nitrogens with zero attached hydrogens (tertiary/aromatic N) is 4. The van der Waals surface area contributed by atoms with Crippen LogP contribution >= 0.6 is 0 Å². The predicted octanol–water partition coefficient (Wildman–Crippen LogP) is 0.528. The van der Waals surface area contributed by atoms with E-state index in [9.17, 15) is 4.79 Å². The van der Waals surface area contributed by atoms with Crippen LogP contribution in [0.1, 0.15) is 0 Å². The molecule has 0 spiro atoms. The van der Waals surface area contributed by atoms with Gasteiger partial charge >= 0.3 is 0 Å². The van der Waals surface area contributed by atoms with Gasteiger partial charge in [0.05, 0.1) is 10.9 Å². The van der Waals surface area contributed by atoms with Gasteiger partial charge in [0.1, 0.15) is 5.70 Å². The first-order valence-electron chi connectivity index (χ1n) is 5.48. The molecule has 0 radical (unpaired) electrons. The minimum absolute atomic E-state index is 0.190. The number of carbonyl (C=O) groups excluding carboxylic acids is 1. The number of benzene rings is 1. The molecule has 1 aliphatic carbocycles. The molecule has 0 atom stereocenters. The zero-order chi connectivity index (χ0) is 12.1. The van der Waals surface area contributed by atoms with Gasteiger partial charge in [-0.2, -0.15) is 0 Å². The second kappa shape index (κ2) is 3.16. The molecule has 0 unspecified atom stereocenters. The highest BCUT2D eigenvalue weighted by molar-refractivity contribution is 6.62. The van der Waals surface area contributed by atoms with Gasteiger partial charge in [0.15, 0.2) is 5.71 Å². The minimum Gasteiger partial charge on any atom is -0.287 e. The van der Waals surface area contributed by atoms with E-state index in [0.29, 0.717) is 16.8 Å². The minimum atomic E-state index is -0.190. The summed E-state index contributed by atoms with van der Waals surface area (Å²) in [6.45, 7) is 0. The zero-order valence-corrected chi connectivity index (χ0v) is 9.16. The third kappa shape index (κ3) is 1.13. The Hall–Kier alpha value is -2.69. The number of para-hydroxylation sites is 1. The molecular weight excluding hydrogens is 228 g/mol. The second-order valence-electron chi connectivity index (χ2n) is 4.11. The first-order chi connectivity index (χ1) is 8.83. The van der Waals surface area contributed by atoms with Gasteiger partial charge in [0.2, 0.25) is 5.78 Å². The molecule has 0 N–H and O–H groups in total. The van der Waals surface area contributed by atoms with Crippen LogP contribution in [0, 0.1) is 0 Å². The number of hydrogen-bond acceptors (Lipinski definition) is 5. The van der Waals surface area contributed by atoms with Crippen LogP contribution in [0.25, 0.3) is 22.7 Å². The van der Waals surface area contributed by atoms with E-state index in [2.05, 4.69) is 20.4 Å². The first kappa shape index (κ1) is 9.35. The highest BCUT2D eigenvalue weighted by atomic mass is 16.1. The number of carbonyl (C=O) groups is 1. The number of fused-ring (bicyclic) bond motifs is 3. The van der Waals surface area contributed by atoms with Gasteiger partial charge < -0.3 is 0 Å². The molecule has 18 heavy (non-hydrogen) atoms. The van der Waals surface area contributed by atoms with Crippen molar-refractivity contribution in [1.29, 1.82) is 0 Å². The molecule has 0 bridgehead atoms. The summed E-state index contributed by atoms with van der Waals surface area (Å²) in [5, 5.41) is 13.7. The quantitative estimate of drug-likeness (QED) is 0.667. The third-order valence-corrected chi connectivity index (χ3v) is 3.02. The Morgan fingerprint density at radius 1 is 1.11 bits per heavy atom. The number of aromatic nitrogens is 1. The van der Waals surface area contributed by atoms with Crippen LogP contribution in [0.4, 0.5) is 0 Å². The Kier molecular flexibility index (Phi) is 1.64. The van der Waals surface area contributed by atoms with E-state index >= 15 is 0 Å². The molecule has 5 nitrogen and oxygen atoms in total. The SMILES string of the molecule is O=C1C=c2nc3ccccc3cc2=C2N=NN=C12. The smallest absolute Gasteiger partial charge is 0.210 e. The second-order valence-corrected chi connectivity index (χ2v) is 4.11. The lowest BCUT2D eigenvalue weighted by Gasteiger charge is -2.04. The molecule has 1 aromatic heterocycles. The van der Waals surface area contributed by atoms with Crippen molar-refractivity contribution in [2.45, 2.75) is 0 Å². The van der Waals surface area contributed by atoms with E-state index in [0.717, 1.165) is 16.1 Å². The summed E-state index contributed by atoms with van der Waals surface area (Å²) in [5.41, 5.74) is 1.69. The Labute approximate surface area is 101 Å². The molecule has 0 amide bonds. The van der Waals surface area contributed by atoms with Gasteiger partial charge in [-0.05, 0) is 17.4 Å². The lowest BCUT2D eigenvalue weighted by Crippen LogP contribution is -2.38. The maximum Gasteiger partial charge on any atom is 0.210 e. The molecule has 84 valence electrons. The van der Waals surface area contributed by atoms with E-state index in [1.54, 1.807) is 0 Å². The third-order valence-electron chi connectivity index (χ3n) is 3.02. The molecule has 2 heterocycles. The largest absolute Gasteiger partial charge is 0.287 e. The molecule has 2 aromatic rings. The van der Waals surface area contributed by atoms with Crippen LogP contribution in [-0.4, -0.2) is 16.5 Å². The van der Waals surface area contributed by atoms with Gasteiger partial charge in [-0.1, -0.05) is 18.2 Å². The first-order valence-corrected chi connectivity index (χ1v) is 5.48. The zero-order valence-electron chi connectivity index (χ0n) is 9.16. The van der Waals surface area contributed by atoms with E-state index in [1.165, 1.54) is 6.08 Å². The number of pyridine rings is 1. The molecule has 0 saturated carbocycles. The summed E-state index contributed by atoms with van der Waals surface area (Å²) >= 11 is 0. The highest BCUT2D eigenvalue weighted by Crippen LogP contribution is 2.14. The van der Waals surface area contributed by atoms with Crippen LogP contribution in [-0.2, 0) is 4.79 Å². The Morgan fingerprint density at radius 3 is 2.94 bits per heavy atom. The number of hydrogen-bond donors (Lipinski definition) is 0. The molecule has 0 saturated heterocycles. The predicted molar refractivity (Wildman–Crippen MR) is 66.2 cm³/mol. The molecule has 2 aliphatic rings. The molecule has 1 aromatic carbocycles. The highest BCUT2D eigenvalue weighted by Gasteiger charge is 2.24. The van der Waals surface area contributed by atoms with Crippen molar-refractivity contribution in [2.24, 2.45) is 15.4 Å². The fourth-order valence-corrected chi connectivity index (χ4v) is 2.18. The fraction of sp³-hybridized carbons (Fsp3) is 0.